The molecular weight excluding hydrogens is 176 g/mol. The molecule has 0 aliphatic heterocycles. The van der Waals surface area contributed by atoms with E-state index in [0.29, 0.717) is 5.41 Å². The second kappa shape index (κ2) is 3.92. The van der Waals surface area contributed by atoms with Gasteiger partial charge in [-0.15, -0.1) is 0 Å². The molecule has 3 N–H and O–H groups in total. The van der Waals surface area contributed by atoms with Crippen LogP contribution in [-0.2, 0) is 0 Å². The first-order valence-corrected chi connectivity index (χ1v) is 5.06. The van der Waals surface area contributed by atoms with Gasteiger partial charge < -0.3 is 11.1 Å². The molecule has 1 aliphatic carbocycles. The number of rotatable bonds is 5. The molecule has 2 rings (SSSR count). The van der Waals surface area contributed by atoms with Gasteiger partial charge in [-0.2, -0.15) is 0 Å². The molecule has 4 heteroatoms. The van der Waals surface area contributed by atoms with Gasteiger partial charge in [-0.3, -0.25) is 0 Å². The van der Waals surface area contributed by atoms with E-state index >= 15 is 0 Å². The molecule has 1 fully saturated rings. The van der Waals surface area contributed by atoms with Crippen LogP contribution >= 0.6 is 0 Å². The predicted octanol–water partition coefficient (Wildman–Crippen LogP) is 1.02. The molecule has 0 saturated heterocycles. The second-order valence-corrected chi connectivity index (χ2v) is 3.96. The van der Waals surface area contributed by atoms with Crippen molar-refractivity contribution < 1.29 is 0 Å². The van der Waals surface area contributed by atoms with E-state index < -0.39 is 0 Å². The summed E-state index contributed by atoms with van der Waals surface area (Å²) in [4.78, 5) is 8.23. The Bertz CT molecular complexity index is 281. The largest absolute Gasteiger partial charge is 0.354 e. The maximum atomic E-state index is 5.56. The minimum absolute atomic E-state index is 0.438. The van der Waals surface area contributed by atoms with Crippen LogP contribution in [0, 0.1) is 5.41 Å². The summed E-state index contributed by atoms with van der Waals surface area (Å²) < 4.78 is 0. The maximum absolute atomic E-state index is 5.56. The molecule has 0 bridgehead atoms. The summed E-state index contributed by atoms with van der Waals surface area (Å²) in [7, 11) is 0. The molecule has 1 heterocycles. The van der Waals surface area contributed by atoms with E-state index in [1.54, 1.807) is 12.4 Å². The number of hydrogen-bond donors (Lipinski definition) is 2. The van der Waals surface area contributed by atoms with Crippen LogP contribution in [0.15, 0.2) is 18.5 Å². The number of anilines is 1. The minimum Gasteiger partial charge on any atom is -0.354 e. The van der Waals surface area contributed by atoms with Crippen LogP contribution < -0.4 is 11.1 Å². The Labute approximate surface area is 83.9 Å². The van der Waals surface area contributed by atoms with E-state index in [0.717, 1.165) is 25.5 Å². The molecule has 76 valence electrons. The summed E-state index contributed by atoms with van der Waals surface area (Å²) in [5.74, 6) is 0.718. The highest BCUT2D eigenvalue weighted by Crippen LogP contribution is 2.48. The van der Waals surface area contributed by atoms with Gasteiger partial charge in [0.1, 0.15) is 0 Å². The van der Waals surface area contributed by atoms with Crippen molar-refractivity contribution in [1.29, 1.82) is 0 Å². The van der Waals surface area contributed by atoms with Crippen molar-refractivity contribution in [3.05, 3.63) is 18.5 Å². The van der Waals surface area contributed by atoms with Crippen LogP contribution in [0.2, 0.25) is 0 Å². The zero-order valence-corrected chi connectivity index (χ0v) is 8.24. The lowest BCUT2D eigenvalue weighted by Crippen LogP contribution is -2.19. The molecule has 14 heavy (non-hydrogen) atoms. The van der Waals surface area contributed by atoms with Crippen LogP contribution in [0.5, 0.6) is 0 Å². The molecule has 0 radical (unpaired) electrons. The second-order valence-electron chi connectivity index (χ2n) is 3.96. The third kappa shape index (κ3) is 2.20. The first-order valence-electron chi connectivity index (χ1n) is 5.06. The fraction of sp³-hybridized carbons (Fsp3) is 0.600. The summed E-state index contributed by atoms with van der Waals surface area (Å²) in [5, 5.41) is 3.25. The monoisotopic (exact) mass is 192 g/mol. The van der Waals surface area contributed by atoms with Gasteiger partial charge in [0.05, 0.1) is 0 Å². The Hall–Kier alpha value is -1.16. The van der Waals surface area contributed by atoms with Crippen LogP contribution in [0.1, 0.15) is 19.3 Å². The number of aromatic nitrogens is 2. The van der Waals surface area contributed by atoms with E-state index in [9.17, 15) is 0 Å². The Balaban J connectivity index is 1.83. The van der Waals surface area contributed by atoms with E-state index in [-0.39, 0.29) is 0 Å². The smallest absolute Gasteiger partial charge is 0.222 e. The summed E-state index contributed by atoms with van der Waals surface area (Å²) in [6.45, 7) is 1.73. The number of nitrogens with one attached hydrogen (secondary N) is 1. The molecule has 0 amide bonds. The van der Waals surface area contributed by atoms with Crippen molar-refractivity contribution in [3.63, 3.8) is 0 Å². The zero-order valence-electron chi connectivity index (χ0n) is 8.24. The van der Waals surface area contributed by atoms with Gasteiger partial charge in [0, 0.05) is 18.9 Å². The minimum atomic E-state index is 0.438. The Morgan fingerprint density at radius 2 is 2.07 bits per heavy atom. The lowest BCUT2D eigenvalue weighted by molar-refractivity contribution is 0.500. The van der Waals surface area contributed by atoms with Crippen LogP contribution in [0.3, 0.4) is 0 Å². The van der Waals surface area contributed by atoms with E-state index in [1.165, 1.54) is 12.8 Å². The van der Waals surface area contributed by atoms with E-state index in [1.807, 2.05) is 6.07 Å². The lowest BCUT2D eigenvalue weighted by Gasteiger charge is -2.14. The molecular formula is C10H16N4. The topological polar surface area (TPSA) is 63.8 Å². The number of nitrogens with two attached hydrogens (primary N) is 1. The van der Waals surface area contributed by atoms with Crippen molar-refractivity contribution >= 4 is 5.95 Å². The average molecular weight is 192 g/mol. The summed E-state index contributed by atoms with van der Waals surface area (Å²) in [6.07, 6.45) is 7.16. The molecule has 4 nitrogen and oxygen atoms in total. The van der Waals surface area contributed by atoms with Crippen molar-refractivity contribution in [2.45, 2.75) is 19.3 Å². The highest BCUT2D eigenvalue weighted by molar-refractivity contribution is 5.23. The van der Waals surface area contributed by atoms with Gasteiger partial charge in [0.15, 0.2) is 0 Å². The number of hydrogen-bond acceptors (Lipinski definition) is 4. The zero-order chi connectivity index (χ0) is 9.86. The molecule has 1 aromatic heterocycles. The Morgan fingerprint density at radius 1 is 1.36 bits per heavy atom. The summed E-state index contributed by atoms with van der Waals surface area (Å²) >= 11 is 0. The van der Waals surface area contributed by atoms with Crippen molar-refractivity contribution in [2.75, 3.05) is 18.4 Å². The first-order chi connectivity index (χ1) is 6.85. The van der Waals surface area contributed by atoms with Gasteiger partial charge in [-0.1, -0.05) is 0 Å². The van der Waals surface area contributed by atoms with E-state index in [4.69, 9.17) is 5.73 Å². The predicted molar refractivity (Wildman–Crippen MR) is 55.9 cm³/mol. The van der Waals surface area contributed by atoms with Gasteiger partial charge in [-0.05, 0) is 37.3 Å². The normalized spacial score (nSPS) is 17.8. The molecule has 1 aromatic rings. The molecule has 1 saturated carbocycles. The van der Waals surface area contributed by atoms with Crippen molar-refractivity contribution in [2.24, 2.45) is 11.1 Å². The average Bonchev–Trinajstić information content (AvgIpc) is 2.98. The van der Waals surface area contributed by atoms with Crippen LogP contribution in [-0.4, -0.2) is 23.1 Å². The van der Waals surface area contributed by atoms with Gasteiger partial charge in [-0.25, -0.2) is 9.97 Å². The first kappa shape index (κ1) is 9.40. The highest BCUT2D eigenvalue weighted by Gasteiger charge is 2.41. The Morgan fingerprint density at radius 3 is 2.64 bits per heavy atom. The fourth-order valence-electron chi connectivity index (χ4n) is 1.66. The standard InChI is InChI=1S/C10H16N4/c11-5-4-10(2-3-10)8-14-9-12-6-1-7-13-9/h1,6-7H,2-5,8,11H2,(H,12,13,14). The summed E-state index contributed by atoms with van der Waals surface area (Å²) in [6, 6.07) is 1.82. The molecule has 0 unspecified atom stereocenters. The van der Waals surface area contributed by atoms with Crippen molar-refractivity contribution in [1.82, 2.24) is 9.97 Å². The molecule has 1 aliphatic rings. The van der Waals surface area contributed by atoms with Gasteiger partial charge in [0.25, 0.3) is 0 Å². The molecule has 0 aromatic carbocycles. The van der Waals surface area contributed by atoms with Crippen LogP contribution in [0.25, 0.3) is 0 Å². The molecule has 0 spiro atoms. The van der Waals surface area contributed by atoms with Crippen LogP contribution in [0.4, 0.5) is 5.95 Å². The highest BCUT2D eigenvalue weighted by atomic mass is 15.1. The number of nitrogens with zero attached hydrogens (tertiary/aromatic N) is 2. The molecule has 0 atom stereocenters. The SMILES string of the molecule is NCCC1(CNc2ncccn2)CC1. The third-order valence-electron chi connectivity index (χ3n) is 2.82. The Kier molecular flexibility index (Phi) is 2.63. The van der Waals surface area contributed by atoms with Gasteiger partial charge in [0.2, 0.25) is 5.95 Å². The van der Waals surface area contributed by atoms with Gasteiger partial charge >= 0.3 is 0 Å². The van der Waals surface area contributed by atoms with Crippen molar-refractivity contribution in [3.8, 4) is 0 Å². The third-order valence-corrected chi connectivity index (χ3v) is 2.82. The fourth-order valence-corrected chi connectivity index (χ4v) is 1.66. The quantitative estimate of drug-likeness (QED) is 0.731. The summed E-state index contributed by atoms with van der Waals surface area (Å²) in [5.41, 5.74) is 6.00. The lowest BCUT2D eigenvalue weighted by atomic mass is 10.0. The van der Waals surface area contributed by atoms with E-state index in [2.05, 4.69) is 15.3 Å². The maximum Gasteiger partial charge on any atom is 0.222 e.